The lowest BCUT2D eigenvalue weighted by atomic mass is 10.1. The summed E-state index contributed by atoms with van der Waals surface area (Å²) in [5, 5.41) is 1.26. The van der Waals surface area contributed by atoms with Gasteiger partial charge in [-0.2, -0.15) is 0 Å². The summed E-state index contributed by atoms with van der Waals surface area (Å²) >= 11 is 13.4. The summed E-state index contributed by atoms with van der Waals surface area (Å²) in [5.41, 5.74) is 7.38. The van der Waals surface area contributed by atoms with Gasteiger partial charge in [0.2, 0.25) is 0 Å². The van der Waals surface area contributed by atoms with E-state index in [0.29, 0.717) is 10.0 Å². The molecule has 2 nitrogen and oxygen atoms in total. The lowest BCUT2D eigenvalue weighted by Crippen LogP contribution is -2.04. The fourth-order valence-electron chi connectivity index (χ4n) is 3.63. The third-order valence-electron chi connectivity index (χ3n) is 4.90. The van der Waals surface area contributed by atoms with Gasteiger partial charge in [-0.15, -0.1) is 0 Å². The van der Waals surface area contributed by atoms with Crippen molar-refractivity contribution in [1.82, 2.24) is 9.13 Å². The molecule has 27 heavy (non-hydrogen) atoms. The summed E-state index contributed by atoms with van der Waals surface area (Å²) in [6.45, 7) is 6.19. The van der Waals surface area contributed by atoms with Gasteiger partial charge in [0.25, 0.3) is 0 Å². The molecule has 0 N–H and O–H groups in total. The predicted octanol–water partition coefficient (Wildman–Crippen LogP) is 7.17. The van der Waals surface area contributed by atoms with Gasteiger partial charge in [-0.05, 0) is 62.7 Å². The van der Waals surface area contributed by atoms with Crippen LogP contribution < -0.4 is 0 Å². The van der Waals surface area contributed by atoms with E-state index in [2.05, 4.69) is 66.3 Å². The number of benzene rings is 2. The molecular weight excluding hydrogens is 375 g/mol. The Morgan fingerprint density at radius 3 is 1.74 bits per heavy atom. The molecule has 0 saturated carbocycles. The SMILES string of the molecule is Cc1ccc(C)n1-c1c(Cl)cc(-n2c(C)ccc2-c2ccccc2)cc1Cl. The Kier molecular flexibility index (Phi) is 4.63. The van der Waals surface area contributed by atoms with Gasteiger partial charge in [0, 0.05) is 22.8 Å². The van der Waals surface area contributed by atoms with Crippen molar-refractivity contribution in [2.24, 2.45) is 0 Å². The molecule has 0 aliphatic rings. The van der Waals surface area contributed by atoms with Crippen LogP contribution in [0.4, 0.5) is 0 Å². The molecule has 0 aliphatic carbocycles. The van der Waals surface area contributed by atoms with Gasteiger partial charge in [0.15, 0.2) is 0 Å². The van der Waals surface area contributed by atoms with E-state index in [-0.39, 0.29) is 0 Å². The maximum absolute atomic E-state index is 6.72. The molecule has 0 radical (unpaired) electrons. The molecular formula is C23H20Cl2N2. The van der Waals surface area contributed by atoms with Gasteiger partial charge >= 0.3 is 0 Å². The fourth-order valence-corrected chi connectivity index (χ4v) is 4.28. The van der Waals surface area contributed by atoms with E-state index in [9.17, 15) is 0 Å². The molecule has 0 saturated heterocycles. The maximum atomic E-state index is 6.72. The van der Waals surface area contributed by atoms with E-state index in [1.807, 2.05) is 30.3 Å². The first-order valence-corrected chi connectivity index (χ1v) is 9.61. The zero-order valence-electron chi connectivity index (χ0n) is 15.5. The van der Waals surface area contributed by atoms with E-state index < -0.39 is 0 Å². The Labute approximate surface area is 169 Å². The lowest BCUT2D eigenvalue weighted by Gasteiger charge is -2.18. The zero-order valence-corrected chi connectivity index (χ0v) is 17.0. The van der Waals surface area contributed by atoms with Gasteiger partial charge in [0.05, 0.1) is 21.4 Å². The van der Waals surface area contributed by atoms with E-state index in [1.165, 1.54) is 0 Å². The summed E-state index contributed by atoms with van der Waals surface area (Å²) in [7, 11) is 0. The van der Waals surface area contributed by atoms with Crippen molar-refractivity contribution in [3.8, 4) is 22.6 Å². The third-order valence-corrected chi connectivity index (χ3v) is 5.48. The average molecular weight is 395 g/mol. The molecule has 2 aromatic carbocycles. The van der Waals surface area contributed by atoms with E-state index in [1.54, 1.807) is 0 Å². The molecule has 0 aliphatic heterocycles. The predicted molar refractivity (Wildman–Crippen MR) is 115 cm³/mol. The highest BCUT2D eigenvalue weighted by molar-refractivity contribution is 6.38. The van der Waals surface area contributed by atoms with Crippen molar-refractivity contribution in [3.05, 3.63) is 93.9 Å². The topological polar surface area (TPSA) is 9.86 Å². The van der Waals surface area contributed by atoms with Crippen LogP contribution in [0.25, 0.3) is 22.6 Å². The number of aromatic nitrogens is 2. The molecule has 0 unspecified atom stereocenters. The van der Waals surface area contributed by atoms with Gasteiger partial charge in [0.1, 0.15) is 0 Å². The first kappa shape index (κ1) is 18.0. The monoisotopic (exact) mass is 394 g/mol. The largest absolute Gasteiger partial charge is 0.316 e. The van der Waals surface area contributed by atoms with Crippen molar-refractivity contribution in [3.63, 3.8) is 0 Å². The van der Waals surface area contributed by atoms with Gasteiger partial charge in [-0.3, -0.25) is 0 Å². The molecule has 0 fully saturated rings. The van der Waals surface area contributed by atoms with Crippen LogP contribution in [0.5, 0.6) is 0 Å². The van der Waals surface area contributed by atoms with Gasteiger partial charge in [-0.25, -0.2) is 0 Å². The van der Waals surface area contributed by atoms with Crippen LogP contribution >= 0.6 is 23.2 Å². The highest BCUT2D eigenvalue weighted by atomic mass is 35.5. The minimum absolute atomic E-state index is 0.631. The number of hydrogen-bond donors (Lipinski definition) is 0. The summed E-state index contributed by atoms with van der Waals surface area (Å²) in [6, 6.07) is 22.7. The molecule has 4 aromatic rings. The highest BCUT2D eigenvalue weighted by Gasteiger charge is 2.16. The van der Waals surface area contributed by atoms with Gasteiger partial charge in [-0.1, -0.05) is 53.5 Å². The van der Waals surface area contributed by atoms with Crippen LogP contribution in [0.15, 0.2) is 66.7 Å². The minimum Gasteiger partial charge on any atom is -0.316 e. The quantitative estimate of drug-likeness (QED) is 0.348. The molecule has 2 heterocycles. The summed E-state index contributed by atoms with van der Waals surface area (Å²) in [4.78, 5) is 0. The fraction of sp³-hybridized carbons (Fsp3) is 0.130. The molecule has 0 amide bonds. The van der Waals surface area contributed by atoms with Crippen LogP contribution in [0.1, 0.15) is 17.1 Å². The van der Waals surface area contributed by atoms with Gasteiger partial charge < -0.3 is 9.13 Å². The molecule has 4 rings (SSSR count). The Bertz CT molecular complexity index is 1080. The summed E-state index contributed by atoms with van der Waals surface area (Å²) in [5.74, 6) is 0. The lowest BCUT2D eigenvalue weighted by molar-refractivity contribution is 0.960. The van der Waals surface area contributed by atoms with E-state index >= 15 is 0 Å². The number of rotatable bonds is 3. The van der Waals surface area contributed by atoms with Crippen molar-refractivity contribution in [1.29, 1.82) is 0 Å². The smallest absolute Gasteiger partial charge is 0.0831 e. The first-order valence-electron chi connectivity index (χ1n) is 8.86. The third kappa shape index (κ3) is 3.09. The van der Waals surface area contributed by atoms with Crippen LogP contribution in [-0.4, -0.2) is 9.13 Å². The average Bonchev–Trinajstić information content (AvgIpc) is 3.19. The van der Waals surface area contributed by atoms with E-state index in [0.717, 1.165) is 39.7 Å². The molecule has 0 atom stereocenters. The molecule has 2 aromatic heterocycles. The second kappa shape index (κ2) is 6.95. The molecule has 0 bridgehead atoms. The Morgan fingerprint density at radius 1 is 0.630 bits per heavy atom. The minimum atomic E-state index is 0.631. The van der Waals surface area contributed by atoms with E-state index in [4.69, 9.17) is 23.2 Å². The van der Waals surface area contributed by atoms with Crippen LogP contribution in [-0.2, 0) is 0 Å². The second-order valence-electron chi connectivity index (χ2n) is 6.77. The molecule has 4 heteroatoms. The Morgan fingerprint density at radius 2 is 1.15 bits per heavy atom. The van der Waals surface area contributed by atoms with Crippen molar-refractivity contribution in [2.75, 3.05) is 0 Å². The Balaban J connectivity index is 1.90. The number of nitrogens with zero attached hydrogens (tertiary/aromatic N) is 2. The number of aryl methyl sites for hydroxylation is 3. The zero-order chi connectivity index (χ0) is 19.1. The summed E-state index contributed by atoms with van der Waals surface area (Å²) < 4.78 is 4.28. The van der Waals surface area contributed by atoms with Crippen molar-refractivity contribution >= 4 is 23.2 Å². The summed E-state index contributed by atoms with van der Waals surface area (Å²) in [6.07, 6.45) is 0. The van der Waals surface area contributed by atoms with Crippen molar-refractivity contribution in [2.45, 2.75) is 20.8 Å². The maximum Gasteiger partial charge on any atom is 0.0831 e. The Hall–Kier alpha value is -2.42. The number of halogens is 2. The first-order chi connectivity index (χ1) is 13.0. The highest BCUT2D eigenvalue weighted by Crippen LogP contribution is 2.36. The van der Waals surface area contributed by atoms with Crippen LogP contribution in [0.2, 0.25) is 10.0 Å². The van der Waals surface area contributed by atoms with Crippen LogP contribution in [0, 0.1) is 20.8 Å². The molecule has 136 valence electrons. The molecule has 0 spiro atoms. The second-order valence-corrected chi connectivity index (χ2v) is 7.59. The van der Waals surface area contributed by atoms with Crippen LogP contribution in [0.3, 0.4) is 0 Å². The van der Waals surface area contributed by atoms with Crippen molar-refractivity contribution < 1.29 is 0 Å². The normalized spacial score (nSPS) is 11.1. The standard InChI is InChI=1S/C23H20Cl2N2/c1-15-9-10-16(2)26(15)23-20(24)13-19(14-21(23)25)27-17(3)11-12-22(27)18-7-5-4-6-8-18/h4-14H,1-3H3. The number of hydrogen-bond acceptors (Lipinski definition) is 0.